The fraction of sp³-hybridized carbons (Fsp3) is 0.188. The molecule has 0 amide bonds. The summed E-state index contributed by atoms with van der Waals surface area (Å²) in [5, 5.41) is 0.413. The molecule has 0 radical (unpaired) electrons. The molecule has 0 spiro atoms. The Kier molecular flexibility index (Phi) is 4.00. The molecule has 4 heteroatoms. The van der Waals surface area contributed by atoms with E-state index in [2.05, 4.69) is 0 Å². The molecule has 104 valence electrons. The van der Waals surface area contributed by atoms with Crippen molar-refractivity contribution in [3.8, 4) is 5.75 Å². The summed E-state index contributed by atoms with van der Waals surface area (Å²) in [5.74, 6) is 0.446. The van der Waals surface area contributed by atoms with E-state index in [-0.39, 0.29) is 5.78 Å². The molecule has 2 rings (SSSR count). The van der Waals surface area contributed by atoms with Crippen LogP contribution in [0.15, 0.2) is 30.3 Å². The summed E-state index contributed by atoms with van der Waals surface area (Å²) in [6.07, 6.45) is 0. The second-order valence-corrected chi connectivity index (χ2v) is 5.11. The molecule has 2 N–H and O–H groups in total. The number of hydrogen-bond acceptors (Lipinski definition) is 3. The molecule has 2 aromatic carbocycles. The molecule has 0 unspecified atom stereocenters. The van der Waals surface area contributed by atoms with Crippen molar-refractivity contribution >= 4 is 23.1 Å². The van der Waals surface area contributed by atoms with Gasteiger partial charge in [0.05, 0.1) is 12.1 Å². The van der Waals surface area contributed by atoms with E-state index in [1.54, 1.807) is 24.3 Å². The summed E-state index contributed by atoms with van der Waals surface area (Å²) in [4.78, 5) is 12.5. The summed E-state index contributed by atoms with van der Waals surface area (Å²) in [6, 6.07) is 8.61. The van der Waals surface area contributed by atoms with Crippen LogP contribution in [0.3, 0.4) is 0 Å². The van der Waals surface area contributed by atoms with Gasteiger partial charge in [0.1, 0.15) is 5.75 Å². The first-order chi connectivity index (χ1) is 9.43. The van der Waals surface area contributed by atoms with Crippen molar-refractivity contribution in [2.24, 2.45) is 0 Å². The maximum Gasteiger partial charge on any atom is 0.193 e. The van der Waals surface area contributed by atoms with E-state index in [1.807, 2.05) is 19.9 Å². The lowest BCUT2D eigenvalue weighted by atomic mass is 9.96. The Morgan fingerprint density at radius 1 is 1.15 bits per heavy atom. The first-order valence-electron chi connectivity index (χ1n) is 6.19. The van der Waals surface area contributed by atoms with Crippen molar-refractivity contribution < 1.29 is 9.53 Å². The average molecular weight is 290 g/mol. The monoisotopic (exact) mass is 289 g/mol. The van der Waals surface area contributed by atoms with Crippen molar-refractivity contribution in [1.82, 2.24) is 0 Å². The lowest BCUT2D eigenvalue weighted by molar-refractivity contribution is 0.103. The Morgan fingerprint density at radius 3 is 2.45 bits per heavy atom. The molecule has 0 heterocycles. The standard InChI is InChI=1S/C16H16ClNO2/c1-9-6-10(2)14(18)8-12(9)16(19)11-4-5-15(20-3)13(17)7-11/h4-8H,18H2,1-3H3. The predicted molar refractivity (Wildman–Crippen MR) is 81.8 cm³/mol. The van der Waals surface area contributed by atoms with Crippen LogP contribution in [0.4, 0.5) is 5.69 Å². The molecule has 0 aliphatic carbocycles. The van der Waals surface area contributed by atoms with Gasteiger partial charge in [-0.1, -0.05) is 17.7 Å². The lowest BCUT2D eigenvalue weighted by Gasteiger charge is -2.10. The second-order valence-electron chi connectivity index (χ2n) is 4.70. The van der Waals surface area contributed by atoms with Gasteiger partial charge in [-0.15, -0.1) is 0 Å². The maximum atomic E-state index is 12.5. The number of halogens is 1. The Balaban J connectivity index is 2.46. The highest BCUT2D eigenvalue weighted by atomic mass is 35.5. The van der Waals surface area contributed by atoms with Crippen LogP contribution in [-0.4, -0.2) is 12.9 Å². The van der Waals surface area contributed by atoms with E-state index < -0.39 is 0 Å². The molecule has 0 atom stereocenters. The first-order valence-corrected chi connectivity index (χ1v) is 6.56. The number of carbonyl (C=O) groups is 1. The highest BCUT2D eigenvalue weighted by molar-refractivity contribution is 6.32. The number of aryl methyl sites for hydroxylation is 2. The minimum absolute atomic E-state index is 0.0984. The van der Waals surface area contributed by atoms with Crippen molar-refractivity contribution in [2.45, 2.75) is 13.8 Å². The van der Waals surface area contributed by atoms with E-state index >= 15 is 0 Å². The topological polar surface area (TPSA) is 52.3 Å². The third kappa shape index (κ3) is 2.63. The molecule has 0 aromatic heterocycles. The van der Waals surface area contributed by atoms with Gasteiger partial charge in [-0.05, 0) is 49.2 Å². The highest BCUT2D eigenvalue weighted by Crippen LogP contribution is 2.27. The van der Waals surface area contributed by atoms with Crippen LogP contribution in [0.1, 0.15) is 27.0 Å². The van der Waals surface area contributed by atoms with Crippen molar-refractivity contribution in [3.63, 3.8) is 0 Å². The van der Waals surface area contributed by atoms with Gasteiger partial charge in [0, 0.05) is 16.8 Å². The molecule has 2 aromatic rings. The largest absolute Gasteiger partial charge is 0.495 e. The van der Waals surface area contributed by atoms with Crippen molar-refractivity contribution in [2.75, 3.05) is 12.8 Å². The van der Waals surface area contributed by atoms with E-state index in [4.69, 9.17) is 22.1 Å². The smallest absolute Gasteiger partial charge is 0.193 e. The number of benzene rings is 2. The Morgan fingerprint density at radius 2 is 1.85 bits per heavy atom. The predicted octanol–water partition coefficient (Wildman–Crippen LogP) is 3.78. The molecule has 0 bridgehead atoms. The number of carbonyl (C=O) groups excluding carboxylic acids is 1. The van der Waals surface area contributed by atoms with Crippen molar-refractivity contribution in [1.29, 1.82) is 0 Å². The normalized spacial score (nSPS) is 10.4. The Bertz CT molecular complexity index is 680. The summed E-state index contributed by atoms with van der Waals surface area (Å²) < 4.78 is 5.08. The summed E-state index contributed by atoms with van der Waals surface area (Å²) in [5.41, 5.74) is 9.46. The van der Waals surface area contributed by atoms with Gasteiger partial charge >= 0.3 is 0 Å². The zero-order valence-electron chi connectivity index (χ0n) is 11.7. The van der Waals surface area contributed by atoms with Crippen LogP contribution in [-0.2, 0) is 0 Å². The third-order valence-corrected chi connectivity index (χ3v) is 3.57. The minimum Gasteiger partial charge on any atom is -0.495 e. The van der Waals surface area contributed by atoms with Gasteiger partial charge in [0.25, 0.3) is 0 Å². The molecule has 0 aliphatic heterocycles. The first kappa shape index (κ1) is 14.4. The molecular formula is C16H16ClNO2. The van der Waals surface area contributed by atoms with E-state index in [1.165, 1.54) is 7.11 Å². The Hall–Kier alpha value is -2.00. The third-order valence-electron chi connectivity index (χ3n) is 3.27. The number of ether oxygens (including phenoxy) is 1. The zero-order chi connectivity index (χ0) is 14.9. The summed E-state index contributed by atoms with van der Waals surface area (Å²) >= 11 is 6.06. The van der Waals surface area contributed by atoms with Gasteiger partial charge in [-0.25, -0.2) is 0 Å². The van der Waals surface area contributed by atoms with E-state index in [9.17, 15) is 4.79 Å². The van der Waals surface area contributed by atoms with Gasteiger partial charge in [0.15, 0.2) is 5.78 Å². The van der Waals surface area contributed by atoms with Crippen LogP contribution in [0, 0.1) is 13.8 Å². The van der Waals surface area contributed by atoms with Crippen LogP contribution >= 0.6 is 11.6 Å². The van der Waals surface area contributed by atoms with Gasteiger partial charge in [-0.2, -0.15) is 0 Å². The number of rotatable bonds is 3. The Labute approximate surface area is 123 Å². The fourth-order valence-corrected chi connectivity index (χ4v) is 2.33. The highest BCUT2D eigenvalue weighted by Gasteiger charge is 2.15. The number of ketones is 1. The average Bonchev–Trinajstić information content (AvgIpc) is 2.42. The number of methoxy groups -OCH3 is 1. The summed E-state index contributed by atoms with van der Waals surface area (Å²) in [7, 11) is 1.54. The number of anilines is 1. The molecule has 0 aliphatic rings. The van der Waals surface area contributed by atoms with Crippen LogP contribution in [0.25, 0.3) is 0 Å². The molecule has 0 fully saturated rings. The van der Waals surface area contributed by atoms with Gasteiger partial charge in [-0.3, -0.25) is 4.79 Å². The second kappa shape index (κ2) is 5.55. The fourth-order valence-electron chi connectivity index (χ4n) is 2.08. The van der Waals surface area contributed by atoms with Gasteiger partial charge < -0.3 is 10.5 Å². The molecule has 20 heavy (non-hydrogen) atoms. The summed E-state index contributed by atoms with van der Waals surface area (Å²) in [6.45, 7) is 3.81. The molecular weight excluding hydrogens is 274 g/mol. The quantitative estimate of drug-likeness (QED) is 0.691. The number of hydrogen-bond donors (Lipinski definition) is 1. The maximum absolute atomic E-state index is 12.5. The number of nitrogen functional groups attached to an aromatic ring is 1. The van der Waals surface area contributed by atoms with E-state index in [0.29, 0.717) is 27.6 Å². The SMILES string of the molecule is COc1ccc(C(=O)c2cc(N)c(C)cc2C)cc1Cl. The van der Waals surface area contributed by atoms with Gasteiger partial charge in [0.2, 0.25) is 0 Å². The number of nitrogens with two attached hydrogens (primary N) is 1. The van der Waals surface area contributed by atoms with Crippen LogP contribution < -0.4 is 10.5 Å². The van der Waals surface area contributed by atoms with E-state index in [0.717, 1.165) is 11.1 Å². The van der Waals surface area contributed by atoms with Crippen LogP contribution in [0.2, 0.25) is 5.02 Å². The van der Waals surface area contributed by atoms with Crippen molar-refractivity contribution in [3.05, 3.63) is 57.6 Å². The molecule has 3 nitrogen and oxygen atoms in total. The lowest BCUT2D eigenvalue weighted by Crippen LogP contribution is -2.06. The van der Waals surface area contributed by atoms with Crippen LogP contribution in [0.5, 0.6) is 5.75 Å². The zero-order valence-corrected chi connectivity index (χ0v) is 12.4. The molecule has 0 saturated heterocycles. The molecule has 0 saturated carbocycles. The minimum atomic E-state index is -0.0984.